The van der Waals surface area contributed by atoms with E-state index >= 15 is 0 Å². The normalized spacial score (nSPS) is 14.4. The van der Waals surface area contributed by atoms with Gasteiger partial charge in [-0.05, 0) is 30.9 Å². The van der Waals surface area contributed by atoms with Crippen LogP contribution in [0.2, 0.25) is 0 Å². The van der Waals surface area contributed by atoms with Crippen LogP contribution in [0, 0.1) is 16.0 Å². The highest BCUT2D eigenvalue weighted by atomic mass is 32.2. The van der Waals surface area contributed by atoms with Crippen molar-refractivity contribution in [3.05, 3.63) is 40.6 Å². The summed E-state index contributed by atoms with van der Waals surface area (Å²) in [7, 11) is -3.94. The molecule has 0 saturated heterocycles. The Hall–Kier alpha value is -2.86. The molecule has 1 saturated carbocycles. The van der Waals surface area contributed by atoms with E-state index in [1.165, 1.54) is 0 Å². The maximum atomic E-state index is 12.6. The second kappa shape index (κ2) is 9.30. The Kier molecular flexibility index (Phi) is 6.77. The maximum Gasteiger partial charge on any atom is 0.306 e. The van der Waals surface area contributed by atoms with Gasteiger partial charge in [0.1, 0.15) is 4.21 Å². The smallest absolute Gasteiger partial charge is 0.306 e. The second-order valence-electron chi connectivity index (χ2n) is 6.80. The average Bonchev–Trinajstić information content (AvgIpc) is 3.39. The molecule has 1 aliphatic carbocycles. The van der Waals surface area contributed by atoms with E-state index in [4.69, 9.17) is 4.74 Å². The molecular weight excluding hydrogens is 434 g/mol. The summed E-state index contributed by atoms with van der Waals surface area (Å²) in [6.45, 7) is -0.477. The minimum atomic E-state index is -3.94. The molecule has 1 fully saturated rings. The van der Waals surface area contributed by atoms with Gasteiger partial charge >= 0.3 is 5.97 Å². The van der Waals surface area contributed by atoms with Crippen molar-refractivity contribution < 1.29 is 27.7 Å². The molecule has 12 heteroatoms. The molecule has 0 unspecified atom stereocenters. The largest absolute Gasteiger partial charge is 0.456 e. The molecular formula is C18H19N3O7S2. The van der Waals surface area contributed by atoms with Gasteiger partial charge in [-0.15, -0.1) is 0 Å². The average molecular weight is 453 g/mol. The van der Waals surface area contributed by atoms with Gasteiger partial charge in [0.05, 0.1) is 16.0 Å². The number of nitrogens with zero attached hydrogens (tertiary/aromatic N) is 2. The third kappa shape index (κ3) is 5.39. The van der Waals surface area contributed by atoms with Crippen molar-refractivity contribution in [1.29, 1.82) is 0 Å². The predicted octanol–water partition coefficient (Wildman–Crippen LogP) is 2.95. The monoisotopic (exact) mass is 453 g/mol. The second-order valence-corrected chi connectivity index (χ2v) is 10.0. The van der Waals surface area contributed by atoms with Crippen LogP contribution in [-0.4, -0.2) is 36.8 Å². The Bertz CT molecular complexity index is 1040. The zero-order chi connectivity index (χ0) is 21.7. The van der Waals surface area contributed by atoms with Crippen molar-refractivity contribution in [2.75, 3.05) is 11.9 Å². The summed E-state index contributed by atoms with van der Waals surface area (Å²) in [6.07, 6.45) is 5.57. The fourth-order valence-corrected chi connectivity index (χ4v) is 5.56. The number of sulfone groups is 1. The number of nitro benzene ring substituents is 1. The van der Waals surface area contributed by atoms with Crippen LogP contribution in [0.5, 0.6) is 0 Å². The van der Waals surface area contributed by atoms with Crippen molar-refractivity contribution in [3.8, 4) is 0 Å². The Balaban J connectivity index is 1.56. The lowest BCUT2D eigenvalue weighted by Gasteiger charge is -2.08. The molecule has 0 radical (unpaired) electrons. The Morgan fingerprint density at radius 2 is 1.90 bits per heavy atom. The third-order valence-corrected chi connectivity index (χ3v) is 7.79. The molecule has 1 aromatic carbocycles. The van der Waals surface area contributed by atoms with E-state index in [2.05, 4.69) is 10.3 Å². The maximum absolute atomic E-state index is 12.6. The van der Waals surface area contributed by atoms with Crippen LogP contribution in [0.4, 0.5) is 10.8 Å². The van der Waals surface area contributed by atoms with E-state index < -0.39 is 33.2 Å². The summed E-state index contributed by atoms with van der Waals surface area (Å²) in [5.74, 6) is -0.743. The number of carbonyl (C=O) groups excluding carboxylic acids is 2. The van der Waals surface area contributed by atoms with Gasteiger partial charge in [-0.2, -0.15) is 0 Å². The van der Waals surface area contributed by atoms with Crippen molar-refractivity contribution >= 4 is 43.9 Å². The van der Waals surface area contributed by atoms with Crippen molar-refractivity contribution in [2.45, 2.75) is 41.2 Å². The number of aromatic nitrogens is 1. The number of hydrogen-bond acceptors (Lipinski definition) is 9. The number of nitro groups is 1. The van der Waals surface area contributed by atoms with Gasteiger partial charge in [0.15, 0.2) is 11.7 Å². The van der Waals surface area contributed by atoms with Gasteiger partial charge in [0, 0.05) is 18.6 Å². The number of thiazole rings is 1. The number of nitrogens with one attached hydrogen (secondary N) is 1. The fraction of sp³-hybridized carbons (Fsp3) is 0.389. The van der Waals surface area contributed by atoms with Crippen LogP contribution < -0.4 is 5.32 Å². The number of amides is 1. The summed E-state index contributed by atoms with van der Waals surface area (Å²) >= 11 is 0.729. The number of carbonyl (C=O) groups is 2. The zero-order valence-electron chi connectivity index (χ0n) is 15.8. The summed E-state index contributed by atoms with van der Waals surface area (Å²) in [5, 5.41) is 13.1. The van der Waals surface area contributed by atoms with Crippen molar-refractivity contribution in [2.24, 2.45) is 5.92 Å². The van der Waals surface area contributed by atoms with E-state index in [9.17, 15) is 28.1 Å². The first-order valence-electron chi connectivity index (χ1n) is 9.16. The van der Waals surface area contributed by atoms with Gasteiger partial charge in [0.25, 0.3) is 11.6 Å². The van der Waals surface area contributed by atoms with Crippen LogP contribution in [0.15, 0.2) is 39.6 Å². The molecule has 0 spiro atoms. The molecule has 1 N–H and O–H groups in total. The lowest BCUT2D eigenvalue weighted by molar-refractivity contribution is -0.384. The van der Waals surface area contributed by atoms with E-state index in [0.29, 0.717) is 12.3 Å². The highest BCUT2D eigenvalue weighted by Gasteiger charge is 2.23. The number of benzene rings is 1. The zero-order valence-corrected chi connectivity index (χ0v) is 17.4. The molecule has 1 aromatic heterocycles. The van der Waals surface area contributed by atoms with Gasteiger partial charge in [-0.1, -0.05) is 24.2 Å². The highest BCUT2D eigenvalue weighted by molar-refractivity contribution is 7.93. The third-order valence-electron chi connectivity index (χ3n) is 4.65. The molecule has 10 nitrogen and oxygen atoms in total. The Morgan fingerprint density at radius 3 is 2.53 bits per heavy atom. The summed E-state index contributed by atoms with van der Waals surface area (Å²) in [4.78, 5) is 37.5. The van der Waals surface area contributed by atoms with E-state index in [1.54, 1.807) is 0 Å². The highest BCUT2D eigenvalue weighted by Crippen LogP contribution is 2.30. The summed E-state index contributed by atoms with van der Waals surface area (Å²) < 4.78 is 30.1. The van der Waals surface area contributed by atoms with E-state index in [1.807, 2.05) is 0 Å². The number of non-ortho nitro benzene ring substituents is 1. The van der Waals surface area contributed by atoms with Crippen molar-refractivity contribution in [1.82, 2.24) is 4.98 Å². The van der Waals surface area contributed by atoms with Gasteiger partial charge in [0.2, 0.25) is 9.84 Å². The molecule has 3 rings (SSSR count). The molecule has 1 aliphatic rings. The quantitative estimate of drug-likeness (QED) is 0.365. The number of esters is 1. The van der Waals surface area contributed by atoms with Gasteiger partial charge in [-0.3, -0.25) is 25.0 Å². The van der Waals surface area contributed by atoms with Crippen LogP contribution in [0.25, 0.3) is 0 Å². The van der Waals surface area contributed by atoms with Crippen LogP contribution in [-0.2, 0) is 24.2 Å². The minimum Gasteiger partial charge on any atom is -0.456 e. The first kappa shape index (κ1) is 21.8. The first-order chi connectivity index (χ1) is 14.3. The van der Waals surface area contributed by atoms with Crippen LogP contribution >= 0.6 is 11.3 Å². The summed E-state index contributed by atoms with van der Waals surface area (Å²) in [6, 6.07) is 4.46. The number of anilines is 1. The fourth-order valence-electron chi connectivity index (χ4n) is 3.12. The van der Waals surface area contributed by atoms with Gasteiger partial charge in [-0.25, -0.2) is 13.4 Å². The molecule has 1 heterocycles. The number of rotatable bonds is 8. The van der Waals surface area contributed by atoms with Gasteiger partial charge < -0.3 is 4.74 Å². The molecule has 2 aromatic rings. The first-order valence-corrected chi connectivity index (χ1v) is 11.5. The predicted molar refractivity (Wildman–Crippen MR) is 107 cm³/mol. The molecule has 0 bridgehead atoms. The molecule has 0 atom stereocenters. The lowest BCUT2D eigenvalue weighted by Crippen LogP contribution is -2.21. The Labute approximate surface area is 176 Å². The number of hydrogen-bond donors (Lipinski definition) is 1. The van der Waals surface area contributed by atoms with E-state index in [-0.39, 0.29) is 19.9 Å². The number of ether oxygens (including phenoxy) is 1. The minimum absolute atomic E-state index is 0.0346. The molecule has 30 heavy (non-hydrogen) atoms. The van der Waals surface area contributed by atoms with E-state index in [0.717, 1.165) is 67.5 Å². The SMILES string of the molecule is O=C(COC(=O)CC1CCCC1)Nc1ncc(S(=O)(=O)c2ccc([N+](=O)[O-])cc2)s1. The lowest BCUT2D eigenvalue weighted by atomic mass is 10.1. The van der Waals surface area contributed by atoms with Crippen molar-refractivity contribution in [3.63, 3.8) is 0 Å². The standard InChI is InChI=1S/C18H19N3O7S2/c22-15(11-28-16(23)9-12-3-1-2-4-12)20-18-19-10-17(29-18)30(26,27)14-7-5-13(6-8-14)21(24)25/h5-8,10,12H,1-4,9,11H2,(H,19,20,22). The van der Waals surface area contributed by atoms with Crippen LogP contribution in [0.3, 0.4) is 0 Å². The molecule has 0 aliphatic heterocycles. The topological polar surface area (TPSA) is 146 Å². The van der Waals surface area contributed by atoms with Crippen LogP contribution in [0.1, 0.15) is 32.1 Å². The molecule has 1 amide bonds. The Morgan fingerprint density at radius 1 is 1.23 bits per heavy atom. The summed E-state index contributed by atoms with van der Waals surface area (Å²) in [5.41, 5.74) is -0.228. The molecule has 160 valence electrons.